The number of anilines is 1. The van der Waals surface area contributed by atoms with Crippen molar-refractivity contribution < 1.29 is 4.79 Å². The number of rotatable bonds is 4. The first-order valence-corrected chi connectivity index (χ1v) is 10.9. The number of pyridine rings is 1. The molecule has 1 amide bonds. The van der Waals surface area contributed by atoms with Crippen LogP contribution in [0.2, 0.25) is 0 Å². The fourth-order valence-electron chi connectivity index (χ4n) is 3.59. The summed E-state index contributed by atoms with van der Waals surface area (Å²) >= 11 is 1.56. The second-order valence-electron chi connectivity index (χ2n) is 7.27. The Kier molecular flexibility index (Phi) is 5.17. The summed E-state index contributed by atoms with van der Waals surface area (Å²) in [6, 6.07) is 16.6. The minimum atomic E-state index is -0.284. The molecular formula is C22H20N6O2S. The molecule has 0 saturated carbocycles. The molecule has 8 nitrogen and oxygen atoms in total. The highest BCUT2D eigenvalue weighted by atomic mass is 32.1. The van der Waals surface area contributed by atoms with E-state index in [0.717, 1.165) is 21.0 Å². The van der Waals surface area contributed by atoms with Gasteiger partial charge in [0.15, 0.2) is 5.13 Å². The van der Waals surface area contributed by atoms with E-state index in [2.05, 4.69) is 20.0 Å². The Balaban J connectivity index is 1.25. The second-order valence-corrected chi connectivity index (χ2v) is 8.23. The summed E-state index contributed by atoms with van der Waals surface area (Å²) in [7, 11) is 0. The lowest BCUT2D eigenvalue weighted by atomic mass is 10.1. The van der Waals surface area contributed by atoms with Crippen molar-refractivity contribution in [1.29, 1.82) is 0 Å². The summed E-state index contributed by atoms with van der Waals surface area (Å²) in [4.78, 5) is 39.0. The number of amides is 1. The van der Waals surface area contributed by atoms with Crippen LogP contribution in [0.5, 0.6) is 0 Å². The van der Waals surface area contributed by atoms with Crippen LogP contribution in [-0.2, 0) is 11.3 Å². The molecule has 4 heterocycles. The van der Waals surface area contributed by atoms with Gasteiger partial charge in [0.25, 0.3) is 5.56 Å². The molecule has 0 unspecified atom stereocenters. The molecule has 0 radical (unpaired) electrons. The van der Waals surface area contributed by atoms with Crippen LogP contribution in [-0.4, -0.2) is 56.7 Å². The maximum absolute atomic E-state index is 12.8. The van der Waals surface area contributed by atoms with Crippen LogP contribution in [0.3, 0.4) is 0 Å². The maximum atomic E-state index is 12.8. The van der Waals surface area contributed by atoms with Gasteiger partial charge in [-0.25, -0.2) is 14.6 Å². The number of thiazole rings is 1. The molecule has 4 aromatic rings. The van der Waals surface area contributed by atoms with Gasteiger partial charge in [-0.1, -0.05) is 41.7 Å². The number of fused-ring (bicyclic) bond motifs is 1. The first-order valence-electron chi connectivity index (χ1n) is 10.1. The largest absolute Gasteiger partial charge is 0.344 e. The van der Waals surface area contributed by atoms with Gasteiger partial charge in [0.05, 0.1) is 5.69 Å². The summed E-state index contributed by atoms with van der Waals surface area (Å²) in [5.74, 6) is -0.106. The van der Waals surface area contributed by atoms with Gasteiger partial charge in [0.2, 0.25) is 5.91 Å². The van der Waals surface area contributed by atoms with E-state index >= 15 is 0 Å². The van der Waals surface area contributed by atoms with E-state index < -0.39 is 0 Å². The monoisotopic (exact) mass is 432 g/mol. The Hall–Kier alpha value is -3.59. The van der Waals surface area contributed by atoms with E-state index in [9.17, 15) is 9.59 Å². The van der Waals surface area contributed by atoms with Crippen molar-refractivity contribution >= 4 is 32.7 Å². The van der Waals surface area contributed by atoms with E-state index in [1.807, 2.05) is 42.5 Å². The molecule has 1 saturated heterocycles. The van der Waals surface area contributed by atoms with Gasteiger partial charge in [-0.05, 0) is 18.2 Å². The summed E-state index contributed by atoms with van der Waals surface area (Å²) in [6.45, 7) is 2.48. The number of nitrogens with zero attached hydrogens (tertiary/aromatic N) is 6. The number of carbonyl (C=O) groups is 1. The number of piperazine rings is 1. The summed E-state index contributed by atoms with van der Waals surface area (Å²) in [5.41, 5.74) is 2.18. The molecule has 31 heavy (non-hydrogen) atoms. The molecule has 156 valence electrons. The summed E-state index contributed by atoms with van der Waals surface area (Å²) in [5, 5.41) is 5.32. The van der Waals surface area contributed by atoms with Crippen LogP contribution in [0.15, 0.2) is 65.6 Å². The van der Waals surface area contributed by atoms with Crippen LogP contribution < -0.4 is 10.5 Å². The average molecular weight is 433 g/mol. The fraction of sp³-hybridized carbons (Fsp3) is 0.227. The Morgan fingerprint density at radius 2 is 1.77 bits per heavy atom. The fourth-order valence-corrected chi connectivity index (χ4v) is 4.55. The highest BCUT2D eigenvalue weighted by Crippen LogP contribution is 2.27. The third kappa shape index (κ3) is 4.04. The number of hydrogen-bond donors (Lipinski definition) is 0. The molecular weight excluding hydrogens is 412 g/mol. The van der Waals surface area contributed by atoms with E-state index in [0.29, 0.717) is 31.9 Å². The number of aromatic nitrogens is 4. The quantitative estimate of drug-likeness (QED) is 0.492. The zero-order chi connectivity index (χ0) is 21.2. The lowest BCUT2D eigenvalue weighted by Crippen LogP contribution is -2.50. The van der Waals surface area contributed by atoms with Gasteiger partial charge in [0.1, 0.15) is 16.9 Å². The van der Waals surface area contributed by atoms with Crippen LogP contribution in [0.4, 0.5) is 5.13 Å². The topological polar surface area (TPSA) is 84.2 Å². The van der Waals surface area contributed by atoms with Crippen molar-refractivity contribution in [1.82, 2.24) is 24.6 Å². The Labute approximate surface area is 182 Å². The molecule has 1 fully saturated rings. The predicted molar refractivity (Wildman–Crippen MR) is 120 cm³/mol. The highest BCUT2D eigenvalue weighted by Gasteiger charge is 2.24. The molecule has 0 bridgehead atoms. The van der Waals surface area contributed by atoms with Crippen molar-refractivity contribution in [2.24, 2.45) is 0 Å². The van der Waals surface area contributed by atoms with Crippen LogP contribution >= 0.6 is 11.3 Å². The molecule has 1 aliphatic heterocycles. The SMILES string of the molecule is O=C(Cn1nc(-c2ccccc2)ccc1=O)N1CCN(c2nc3cccnc3s2)CC1. The summed E-state index contributed by atoms with van der Waals surface area (Å²) < 4.78 is 1.25. The number of benzene rings is 1. The highest BCUT2D eigenvalue weighted by molar-refractivity contribution is 7.21. The van der Waals surface area contributed by atoms with Gasteiger partial charge in [0, 0.05) is 44.0 Å². The van der Waals surface area contributed by atoms with Gasteiger partial charge in [-0.15, -0.1) is 0 Å². The van der Waals surface area contributed by atoms with E-state index in [1.54, 1.807) is 28.5 Å². The molecule has 1 aromatic carbocycles. The molecule has 1 aliphatic rings. The minimum absolute atomic E-state index is 0.0649. The average Bonchev–Trinajstić information content (AvgIpc) is 3.25. The Morgan fingerprint density at radius 1 is 0.968 bits per heavy atom. The second kappa shape index (κ2) is 8.27. The lowest BCUT2D eigenvalue weighted by Gasteiger charge is -2.34. The normalized spacial score (nSPS) is 14.2. The van der Waals surface area contributed by atoms with Gasteiger partial charge in [-0.3, -0.25) is 9.59 Å². The number of carbonyl (C=O) groups excluding carboxylic acids is 1. The molecule has 5 rings (SSSR count). The molecule has 9 heteroatoms. The Bertz CT molecular complexity index is 1240. The molecule has 0 aliphatic carbocycles. The first-order chi connectivity index (χ1) is 15.2. The molecule has 0 atom stereocenters. The lowest BCUT2D eigenvalue weighted by molar-refractivity contribution is -0.132. The van der Waals surface area contributed by atoms with Crippen LogP contribution in [0, 0.1) is 0 Å². The Morgan fingerprint density at radius 3 is 2.55 bits per heavy atom. The molecule has 0 N–H and O–H groups in total. The molecule has 3 aromatic heterocycles. The zero-order valence-corrected chi connectivity index (χ0v) is 17.5. The predicted octanol–water partition coefficient (Wildman–Crippen LogP) is 2.26. The standard InChI is InChI=1S/C22H20N6O2S/c29-19-9-8-17(16-5-2-1-3-6-16)25-28(19)15-20(30)26-11-13-27(14-12-26)22-24-18-7-4-10-23-21(18)31-22/h1-10H,11-15H2. The van der Waals surface area contributed by atoms with Crippen molar-refractivity contribution in [3.63, 3.8) is 0 Å². The van der Waals surface area contributed by atoms with Crippen molar-refractivity contribution in [2.75, 3.05) is 31.1 Å². The smallest absolute Gasteiger partial charge is 0.267 e. The van der Waals surface area contributed by atoms with Crippen molar-refractivity contribution in [3.8, 4) is 11.3 Å². The zero-order valence-electron chi connectivity index (χ0n) is 16.7. The van der Waals surface area contributed by atoms with E-state index in [1.165, 1.54) is 10.7 Å². The van der Waals surface area contributed by atoms with Crippen LogP contribution in [0.25, 0.3) is 21.6 Å². The maximum Gasteiger partial charge on any atom is 0.267 e. The minimum Gasteiger partial charge on any atom is -0.344 e. The van der Waals surface area contributed by atoms with Crippen LogP contribution in [0.1, 0.15) is 0 Å². The third-order valence-electron chi connectivity index (χ3n) is 5.28. The van der Waals surface area contributed by atoms with Gasteiger partial charge >= 0.3 is 0 Å². The number of hydrogen-bond acceptors (Lipinski definition) is 7. The first kappa shape index (κ1) is 19.4. The molecule has 0 spiro atoms. The van der Waals surface area contributed by atoms with Gasteiger partial charge < -0.3 is 9.80 Å². The van der Waals surface area contributed by atoms with Crippen molar-refractivity contribution in [2.45, 2.75) is 6.54 Å². The van der Waals surface area contributed by atoms with E-state index in [-0.39, 0.29) is 18.0 Å². The third-order valence-corrected chi connectivity index (χ3v) is 6.32. The summed E-state index contributed by atoms with van der Waals surface area (Å²) in [6.07, 6.45) is 1.77. The van der Waals surface area contributed by atoms with E-state index in [4.69, 9.17) is 0 Å². The van der Waals surface area contributed by atoms with Gasteiger partial charge in [-0.2, -0.15) is 5.10 Å². The van der Waals surface area contributed by atoms with Crippen molar-refractivity contribution in [3.05, 3.63) is 71.1 Å².